The Morgan fingerprint density at radius 1 is 0.917 bits per heavy atom. The zero-order chi connectivity index (χ0) is 25.5. The predicted octanol–water partition coefficient (Wildman–Crippen LogP) is 6.30. The number of rotatable bonds is 6. The van der Waals surface area contributed by atoms with Gasteiger partial charge in [0.15, 0.2) is 6.29 Å². The summed E-state index contributed by atoms with van der Waals surface area (Å²) in [5, 5.41) is 12.0. The van der Waals surface area contributed by atoms with Crippen LogP contribution in [-0.2, 0) is 20.9 Å². The summed E-state index contributed by atoms with van der Waals surface area (Å²) in [4.78, 5) is 14.5. The van der Waals surface area contributed by atoms with E-state index >= 15 is 0 Å². The maximum Gasteiger partial charge on any atom is 0.276 e. The molecule has 0 bridgehead atoms. The van der Waals surface area contributed by atoms with Gasteiger partial charge in [0, 0.05) is 24.2 Å². The minimum absolute atomic E-state index is 0.00874. The maximum absolute atomic E-state index is 12.0. The van der Waals surface area contributed by atoms with Crippen LogP contribution < -0.4 is 5.32 Å². The number of hydrogen-bond acceptors (Lipinski definition) is 5. The molecule has 0 aliphatic carbocycles. The molecule has 2 aromatic rings. The molecule has 2 aromatic carbocycles. The minimum Gasteiger partial charge on any atom is -0.392 e. The van der Waals surface area contributed by atoms with Crippen molar-refractivity contribution in [3.8, 4) is 0 Å². The molecule has 9 heteroatoms. The molecule has 2 heterocycles. The summed E-state index contributed by atoms with van der Waals surface area (Å²) in [5.74, 6) is -0.717. The van der Waals surface area contributed by atoms with Crippen LogP contribution in [0.3, 0.4) is 0 Å². The lowest BCUT2D eigenvalue weighted by atomic mass is 9.99. The molecule has 2 saturated heterocycles. The minimum atomic E-state index is -2.04. The van der Waals surface area contributed by atoms with Crippen molar-refractivity contribution in [1.82, 2.24) is 4.90 Å². The lowest BCUT2D eigenvalue weighted by Gasteiger charge is -2.38. The molecule has 2 N–H and O–H groups in total. The first-order valence-corrected chi connectivity index (χ1v) is 13.7. The van der Waals surface area contributed by atoms with Gasteiger partial charge in [-0.1, -0.05) is 90.5 Å². The van der Waals surface area contributed by atoms with Crippen LogP contribution in [0.4, 0.5) is 5.69 Å². The molecule has 0 aromatic heterocycles. The zero-order valence-corrected chi connectivity index (χ0v) is 22.4. The first kappa shape index (κ1) is 27.6. The summed E-state index contributed by atoms with van der Waals surface area (Å²) in [5.41, 5.74) is 3.28. The van der Waals surface area contributed by atoms with E-state index in [4.69, 9.17) is 44.3 Å². The van der Waals surface area contributed by atoms with E-state index < -0.39 is 16.0 Å². The average molecular weight is 556 g/mol. The molecule has 196 valence electrons. The number of hydrogen-bond donors (Lipinski definition) is 2. The number of carbonyl (C=O) groups is 1. The highest BCUT2D eigenvalue weighted by Gasteiger charge is 2.34. The van der Waals surface area contributed by atoms with Crippen molar-refractivity contribution in [2.24, 2.45) is 0 Å². The van der Waals surface area contributed by atoms with E-state index in [1.165, 1.54) is 32.1 Å². The van der Waals surface area contributed by atoms with Crippen molar-refractivity contribution in [1.29, 1.82) is 0 Å². The Morgan fingerprint density at radius 2 is 1.53 bits per heavy atom. The molecule has 0 unspecified atom stereocenters. The number of alkyl halides is 3. The third-order valence-corrected chi connectivity index (χ3v) is 7.24. The van der Waals surface area contributed by atoms with Gasteiger partial charge in [0.2, 0.25) is 0 Å². The Hall–Kier alpha value is -1.38. The number of carbonyl (C=O) groups excluding carboxylic acids is 1. The highest BCUT2D eigenvalue weighted by molar-refractivity contribution is 6.76. The lowest BCUT2D eigenvalue weighted by molar-refractivity contribution is -0.253. The highest BCUT2D eigenvalue weighted by Crippen LogP contribution is 2.38. The van der Waals surface area contributed by atoms with Gasteiger partial charge in [-0.25, -0.2) is 0 Å². The molecule has 3 atom stereocenters. The predicted molar refractivity (Wildman–Crippen MR) is 143 cm³/mol. The number of aliphatic hydroxyl groups excluding tert-OH is 1. The van der Waals surface area contributed by atoms with Crippen molar-refractivity contribution in [3.63, 3.8) is 0 Å². The molecular formula is C27H33Cl3N2O4. The Morgan fingerprint density at radius 3 is 2.14 bits per heavy atom. The highest BCUT2D eigenvalue weighted by atomic mass is 35.6. The molecular weight excluding hydrogens is 523 g/mol. The lowest BCUT2D eigenvalue weighted by Crippen LogP contribution is -2.40. The number of nitrogens with one attached hydrogen (secondary N) is 1. The van der Waals surface area contributed by atoms with Gasteiger partial charge in [0.05, 0.1) is 18.8 Å². The van der Waals surface area contributed by atoms with E-state index in [1.54, 1.807) is 12.1 Å². The van der Waals surface area contributed by atoms with Gasteiger partial charge in [0.25, 0.3) is 9.70 Å². The number of halogens is 3. The molecule has 36 heavy (non-hydrogen) atoms. The fourth-order valence-corrected chi connectivity index (χ4v) is 4.88. The Bertz CT molecular complexity index is 974. The van der Waals surface area contributed by atoms with Crippen LogP contribution in [0, 0.1) is 0 Å². The number of aliphatic hydroxyl groups is 1. The fraction of sp³-hybridized carbons (Fsp3) is 0.519. The Balaban J connectivity index is 1.50. The first-order valence-electron chi connectivity index (χ1n) is 12.5. The number of anilines is 1. The van der Waals surface area contributed by atoms with Crippen LogP contribution in [0.15, 0.2) is 48.5 Å². The largest absolute Gasteiger partial charge is 0.392 e. The molecule has 2 aliphatic rings. The van der Waals surface area contributed by atoms with E-state index in [9.17, 15) is 9.90 Å². The monoisotopic (exact) mass is 554 g/mol. The molecule has 2 aliphatic heterocycles. The first-order chi connectivity index (χ1) is 17.3. The Kier molecular flexibility index (Phi) is 9.92. The molecule has 4 rings (SSSR count). The van der Waals surface area contributed by atoms with Crippen molar-refractivity contribution in [2.75, 3.05) is 25.0 Å². The van der Waals surface area contributed by atoms with Crippen LogP contribution in [0.2, 0.25) is 0 Å². The summed E-state index contributed by atoms with van der Waals surface area (Å²) >= 11 is 17.0. The number of ether oxygens (including phenoxy) is 2. The Labute approximate surface area is 227 Å². The average Bonchev–Trinajstić information content (AvgIpc) is 2.85. The molecule has 0 saturated carbocycles. The van der Waals surface area contributed by atoms with Gasteiger partial charge < -0.3 is 24.8 Å². The maximum atomic E-state index is 12.0. The normalized spacial score (nSPS) is 24.1. The van der Waals surface area contributed by atoms with Crippen molar-refractivity contribution in [2.45, 2.75) is 67.4 Å². The van der Waals surface area contributed by atoms with Gasteiger partial charge >= 0.3 is 0 Å². The zero-order valence-electron chi connectivity index (χ0n) is 20.2. The molecule has 2 fully saturated rings. The van der Waals surface area contributed by atoms with E-state index in [0.717, 1.165) is 42.7 Å². The summed E-state index contributed by atoms with van der Waals surface area (Å²) in [6, 6.07) is 15.1. The molecule has 1 amide bonds. The van der Waals surface area contributed by atoms with Gasteiger partial charge in [-0.15, -0.1) is 0 Å². The van der Waals surface area contributed by atoms with E-state index in [0.29, 0.717) is 5.69 Å². The van der Waals surface area contributed by atoms with Crippen molar-refractivity contribution in [3.05, 3.63) is 65.2 Å². The summed E-state index contributed by atoms with van der Waals surface area (Å²) in [6.07, 6.45) is 6.41. The molecule has 0 spiro atoms. The van der Waals surface area contributed by atoms with Gasteiger partial charge in [-0.3, -0.25) is 4.79 Å². The van der Waals surface area contributed by atoms with Gasteiger partial charge in [-0.05, 0) is 49.2 Å². The van der Waals surface area contributed by atoms with Crippen LogP contribution in [-0.4, -0.2) is 45.4 Å². The van der Waals surface area contributed by atoms with Gasteiger partial charge in [0.1, 0.15) is 0 Å². The second kappa shape index (κ2) is 12.9. The third-order valence-electron chi connectivity index (χ3n) is 6.72. The molecule has 6 nitrogen and oxygen atoms in total. The number of benzene rings is 2. The number of amides is 1. The number of likely N-dealkylation sites (tertiary alicyclic amines) is 1. The van der Waals surface area contributed by atoms with Crippen LogP contribution in [0.1, 0.15) is 67.6 Å². The van der Waals surface area contributed by atoms with E-state index in [2.05, 4.69) is 10.2 Å². The van der Waals surface area contributed by atoms with Crippen LogP contribution in [0.25, 0.3) is 0 Å². The summed E-state index contributed by atoms with van der Waals surface area (Å²) in [7, 11) is 0. The number of nitrogens with zero attached hydrogens (tertiary/aromatic N) is 1. The fourth-order valence-electron chi connectivity index (χ4n) is 4.74. The van der Waals surface area contributed by atoms with E-state index in [-0.39, 0.29) is 18.8 Å². The second-order valence-corrected chi connectivity index (χ2v) is 11.8. The second-order valence-electron chi connectivity index (χ2n) is 9.49. The summed E-state index contributed by atoms with van der Waals surface area (Å²) in [6.45, 7) is 3.07. The van der Waals surface area contributed by atoms with Crippen LogP contribution in [0.5, 0.6) is 0 Å². The third kappa shape index (κ3) is 7.81. The topological polar surface area (TPSA) is 71.0 Å². The molecule has 0 radical (unpaired) electrons. The van der Waals surface area contributed by atoms with Crippen LogP contribution >= 0.6 is 34.8 Å². The van der Waals surface area contributed by atoms with E-state index in [1.807, 2.05) is 36.4 Å². The van der Waals surface area contributed by atoms with Crippen molar-refractivity contribution < 1.29 is 19.4 Å². The SMILES string of the molecule is O=C(Nc1ccc([C@@H]2O[C@H](CN3CCCCCCC3)C[C@H](c3ccc(CO)cc3)O2)cc1)C(Cl)(Cl)Cl. The van der Waals surface area contributed by atoms with Gasteiger partial charge in [-0.2, -0.15) is 0 Å². The quantitative estimate of drug-likeness (QED) is 0.409. The smallest absolute Gasteiger partial charge is 0.276 e. The van der Waals surface area contributed by atoms with Crippen molar-refractivity contribution >= 4 is 46.4 Å². The summed E-state index contributed by atoms with van der Waals surface area (Å²) < 4.78 is 10.8. The standard InChI is InChI=1S/C27H33Cl3N2O4/c28-27(29,30)26(34)31-22-12-10-21(11-13-22)25-35-23(17-32-14-4-2-1-3-5-15-32)16-24(36-25)20-8-6-19(18-33)7-9-20/h6-13,23-25,33H,1-5,14-18H2,(H,31,34)/t23-,24+,25+/m0/s1.